The molecule has 0 bridgehead atoms. The lowest BCUT2D eigenvalue weighted by Crippen LogP contribution is -2.15. The minimum Gasteiger partial charge on any atom is -0.314 e. The summed E-state index contributed by atoms with van der Waals surface area (Å²) < 4.78 is 0. The van der Waals surface area contributed by atoms with E-state index in [0.717, 1.165) is 0 Å². The van der Waals surface area contributed by atoms with E-state index >= 15 is 0 Å². The van der Waals surface area contributed by atoms with Gasteiger partial charge in [-0.25, -0.2) is 0 Å². The van der Waals surface area contributed by atoms with E-state index < -0.39 is 0 Å². The van der Waals surface area contributed by atoms with E-state index in [4.69, 9.17) is 0 Å². The third-order valence-corrected chi connectivity index (χ3v) is 1.62. The van der Waals surface area contributed by atoms with Crippen LogP contribution >= 0.6 is 9.24 Å². The molecule has 0 aliphatic carbocycles. The lowest BCUT2D eigenvalue weighted by Gasteiger charge is -2.02. The Morgan fingerprint density at radius 2 is 2.33 bits per heavy atom. The van der Waals surface area contributed by atoms with Crippen molar-refractivity contribution in [1.29, 1.82) is 0 Å². The van der Waals surface area contributed by atoms with Crippen LogP contribution in [0, 0.1) is 0 Å². The van der Waals surface area contributed by atoms with Crippen LogP contribution in [-0.4, -0.2) is 12.8 Å². The van der Waals surface area contributed by atoms with Crippen LogP contribution in [0.4, 0.5) is 0 Å². The van der Waals surface area contributed by atoms with Crippen LogP contribution in [0.15, 0.2) is 0 Å². The maximum Gasteiger partial charge on any atom is 0.0205 e. The first-order valence-corrected chi connectivity index (χ1v) is 2.90. The summed E-state index contributed by atoms with van der Waals surface area (Å²) in [6, 6.07) is 0. The Morgan fingerprint density at radius 3 is 2.33 bits per heavy atom. The summed E-state index contributed by atoms with van der Waals surface area (Å²) in [4.78, 5) is 0. The molecule has 38 valence electrons. The Hall–Kier alpha value is 0.390. The first-order valence-electron chi connectivity index (χ1n) is 2.24. The lowest BCUT2D eigenvalue weighted by molar-refractivity contribution is 0.718. The van der Waals surface area contributed by atoms with E-state index in [1.807, 2.05) is 7.05 Å². The monoisotopic (exact) mass is 105 g/mol. The van der Waals surface area contributed by atoms with Crippen LogP contribution in [0.2, 0.25) is 0 Å². The van der Waals surface area contributed by atoms with Gasteiger partial charge in [-0.15, -0.1) is 9.24 Å². The highest BCUT2D eigenvalue weighted by molar-refractivity contribution is 7.17. The summed E-state index contributed by atoms with van der Waals surface area (Å²) >= 11 is 0. The molecule has 0 rings (SSSR count). The molecular weight excluding hydrogens is 93.0 g/mol. The van der Waals surface area contributed by atoms with Gasteiger partial charge in [0.2, 0.25) is 0 Å². The van der Waals surface area contributed by atoms with Gasteiger partial charge in [0.15, 0.2) is 0 Å². The van der Waals surface area contributed by atoms with E-state index in [1.165, 1.54) is 6.42 Å². The Balaban J connectivity index is 2.75. The third kappa shape index (κ3) is 2.62. The van der Waals surface area contributed by atoms with E-state index in [0.29, 0.717) is 5.78 Å². The van der Waals surface area contributed by atoms with Gasteiger partial charge in [0, 0.05) is 5.78 Å². The summed E-state index contributed by atoms with van der Waals surface area (Å²) in [6.07, 6.45) is 1.18. The van der Waals surface area contributed by atoms with Crippen molar-refractivity contribution >= 4 is 9.24 Å². The quantitative estimate of drug-likeness (QED) is 0.512. The molecule has 0 aliphatic heterocycles. The molecule has 0 fully saturated rings. The van der Waals surface area contributed by atoms with E-state index in [9.17, 15) is 0 Å². The van der Waals surface area contributed by atoms with Crippen LogP contribution in [0.5, 0.6) is 0 Å². The van der Waals surface area contributed by atoms with Crippen LogP contribution < -0.4 is 5.32 Å². The normalized spacial score (nSPS) is 14.5. The molecule has 1 nitrogen and oxygen atoms in total. The standard InChI is InChI=1S/C4H12NP/c1-3-4(6)5-2/h4-5H,3,6H2,1-2H3/t4-/m0/s1. The fourth-order valence-corrected chi connectivity index (χ4v) is 0.204. The molecule has 0 aliphatic rings. The average Bonchev–Trinajstić information content (AvgIpc) is 1.65. The summed E-state index contributed by atoms with van der Waals surface area (Å²) in [5, 5.41) is 3.08. The summed E-state index contributed by atoms with van der Waals surface area (Å²) in [7, 11) is 4.66. The van der Waals surface area contributed by atoms with Gasteiger partial charge in [-0.2, -0.15) is 0 Å². The Morgan fingerprint density at radius 1 is 1.83 bits per heavy atom. The molecule has 0 aromatic heterocycles. The molecular formula is C4H12NP. The molecule has 2 atom stereocenters. The van der Waals surface area contributed by atoms with Crippen molar-refractivity contribution in [1.82, 2.24) is 5.32 Å². The molecule has 0 aromatic rings. The van der Waals surface area contributed by atoms with Crippen molar-refractivity contribution in [3.8, 4) is 0 Å². The summed E-state index contributed by atoms with van der Waals surface area (Å²) in [5.74, 6) is 0.602. The van der Waals surface area contributed by atoms with Gasteiger partial charge >= 0.3 is 0 Å². The first kappa shape index (κ1) is 6.39. The van der Waals surface area contributed by atoms with Crippen LogP contribution in [-0.2, 0) is 0 Å². The van der Waals surface area contributed by atoms with Crippen LogP contribution in [0.1, 0.15) is 13.3 Å². The van der Waals surface area contributed by atoms with Gasteiger partial charge in [-0.05, 0) is 13.5 Å². The number of rotatable bonds is 2. The van der Waals surface area contributed by atoms with Crippen LogP contribution in [0.25, 0.3) is 0 Å². The molecule has 2 heteroatoms. The lowest BCUT2D eigenvalue weighted by atomic mass is 10.5. The molecule has 0 radical (unpaired) electrons. The highest BCUT2D eigenvalue weighted by Crippen LogP contribution is 1.96. The van der Waals surface area contributed by atoms with E-state index in [2.05, 4.69) is 21.5 Å². The molecule has 0 saturated heterocycles. The Kier molecular flexibility index (Phi) is 3.81. The van der Waals surface area contributed by atoms with Gasteiger partial charge in [-0.3, -0.25) is 0 Å². The molecule has 0 heterocycles. The van der Waals surface area contributed by atoms with Gasteiger partial charge in [-0.1, -0.05) is 6.92 Å². The highest BCUT2D eigenvalue weighted by atomic mass is 31.0. The highest BCUT2D eigenvalue weighted by Gasteiger charge is 1.86. The van der Waals surface area contributed by atoms with Gasteiger partial charge in [0.1, 0.15) is 0 Å². The fourth-order valence-electron chi connectivity index (χ4n) is 0.204. The fraction of sp³-hybridized carbons (Fsp3) is 1.00. The predicted octanol–water partition coefficient (Wildman–Crippen LogP) is 0.817. The Bertz CT molecular complexity index is 26.7. The molecule has 0 aromatic carbocycles. The second-order valence-electron chi connectivity index (χ2n) is 1.30. The van der Waals surface area contributed by atoms with Crippen molar-refractivity contribution in [2.75, 3.05) is 7.05 Å². The van der Waals surface area contributed by atoms with Crippen molar-refractivity contribution in [3.63, 3.8) is 0 Å². The van der Waals surface area contributed by atoms with Crippen molar-refractivity contribution in [3.05, 3.63) is 0 Å². The van der Waals surface area contributed by atoms with Crippen LogP contribution in [0.3, 0.4) is 0 Å². The van der Waals surface area contributed by atoms with Crippen molar-refractivity contribution in [2.24, 2.45) is 0 Å². The van der Waals surface area contributed by atoms with Crippen molar-refractivity contribution in [2.45, 2.75) is 19.1 Å². The predicted molar refractivity (Wildman–Crippen MR) is 32.8 cm³/mol. The summed E-state index contributed by atoms with van der Waals surface area (Å²) in [5.41, 5.74) is 0. The van der Waals surface area contributed by atoms with E-state index in [-0.39, 0.29) is 0 Å². The second kappa shape index (κ2) is 3.58. The first-order chi connectivity index (χ1) is 2.81. The van der Waals surface area contributed by atoms with Gasteiger partial charge in [0.05, 0.1) is 0 Å². The minimum atomic E-state index is 0.602. The Labute approximate surface area is 41.7 Å². The topological polar surface area (TPSA) is 12.0 Å². The third-order valence-electron chi connectivity index (χ3n) is 0.811. The largest absolute Gasteiger partial charge is 0.314 e. The maximum atomic E-state index is 3.08. The molecule has 1 N–H and O–H groups in total. The minimum absolute atomic E-state index is 0.602. The molecule has 0 saturated carbocycles. The van der Waals surface area contributed by atoms with E-state index in [1.54, 1.807) is 0 Å². The molecule has 6 heavy (non-hydrogen) atoms. The zero-order valence-corrected chi connectivity index (χ0v) is 5.52. The number of nitrogens with one attached hydrogen (secondary N) is 1. The SMILES string of the molecule is CC[C@H](P)NC. The smallest absolute Gasteiger partial charge is 0.0205 e. The number of hydrogen-bond acceptors (Lipinski definition) is 1. The zero-order valence-electron chi connectivity index (χ0n) is 4.36. The molecule has 0 amide bonds. The van der Waals surface area contributed by atoms with Gasteiger partial charge < -0.3 is 5.32 Å². The maximum absolute atomic E-state index is 3.08. The second-order valence-corrected chi connectivity index (χ2v) is 2.11. The average molecular weight is 105 g/mol. The molecule has 1 unspecified atom stereocenters. The van der Waals surface area contributed by atoms with Crippen molar-refractivity contribution < 1.29 is 0 Å². The summed E-state index contributed by atoms with van der Waals surface area (Å²) in [6.45, 7) is 2.15. The molecule has 0 spiro atoms. The zero-order chi connectivity index (χ0) is 4.99. The number of hydrogen-bond donors (Lipinski definition) is 1. The van der Waals surface area contributed by atoms with Gasteiger partial charge in [0.25, 0.3) is 0 Å².